The van der Waals surface area contributed by atoms with Gasteiger partial charge in [0.1, 0.15) is 6.61 Å². The Morgan fingerprint density at radius 3 is 2.40 bits per heavy atom. The van der Waals surface area contributed by atoms with Crippen molar-refractivity contribution in [3.63, 3.8) is 0 Å². The third-order valence-corrected chi connectivity index (χ3v) is 8.85. The number of carbonyl (C=O) groups excluding carboxylic acids is 1. The lowest BCUT2D eigenvalue weighted by Gasteiger charge is -2.21. The number of nitrogens with zero attached hydrogens (tertiary/aromatic N) is 2. The van der Waals surface area contributed by atoms with E-state index in [9.17, 15) is 18.4 Å². The fraction of sp³-hybridized carbons (Fsp3) is 0.222. The molecule has 0 fully saturated rings. The summed E-state index contributed by atoms with van der Waals surface area (Å²) in [5.41, 5.74) is 5.37. The minimum absolute atomic E-state index is 0.148. The van der Waals surface area contributed by atoms with Crippen LogP contribution in [0.25, 0.3) is 11.1 Å². The van der Waals surface area contributed by atoms with Crippen LogP contribution >= 0.6 is 0 Å². The van der Waals surface area contributed by atoms with Crippen molar-refractivity contribution < 1.29 is 23.2 Å². The van der Waals surface area contributed by atoms with E-state index in [1.54, 1.807) is 47.4 Å². The zero-order chi connectivity index (χ0) is 24.2. The van der Waals surface area contributed by atoms with Crippen molar-refractivity contribution in [3.8, 4) is 11.1 Å². The molecule has 2 heterocycles. The lowest BCUT2D eigenvalue weighted by atomic mass is 9.98. The summed E-state index contributed by atoms with van der Waals surface area (Å²) in [5, 5.41) is 11.1. The maximum atomic E-state index is 13.2. The molecule has 0 bridgehead atoms. The van der Waals surface area contributed by atoms with E-state index in [1.165, 1.54) is 5.06 Å². The Bertz CT molecular complexity index is 1470. The Balaban J connectivity index is 1.29. The molecule has 1 atom stereocenters. The molecular formula is C27H24N2O5S. The van der Waals surface area contributed by atoms with Crippen molar-refractivity contribution in [2.75, 3.05) is 19.7 Å². The highest BCUT2D eigenvalue weighted by molar-refractivity contribution is 7.91. The van der Waals surface area contributed by atoms with E-state index in [0.29, 0.717) is 25.9 Å². The molecule has 8 heteroatoms. The minimum Gasteiger partial charge on any atom is -0.448 e. The van der Waals surface area contributed by atoms with Crippen LogP contribution in [0.5, 0.6) is 0 Å². The molecule has 3 aromatic carbocycles. The van der Waals surface area contributed by atoms with Gasteiger partial charge in [0.15, 0.2) is 0 Å². The van der Waals surface area contributed by atoms with E-state index in [4.69, 9.17) is 4.74 Å². The van der Waals surface area contributed by atoms with Crippen LogP contribution in [0.15, 0.2) is 94.0 Å². The van der Waals surface area contributed by atoms with Crippen LogP contribution < -0.4 is 0 Å². The van der Waals surface area contributed by atoms with E-state index < -0.39 is 15.9 Å². The second-order valence-electron chi connectivity index (χ2n) is 8.95. The van der Waals surface area contributed by atoms with E-state index >= 15 is 0 Å². The number of ether oxygens (including phenoxy) is 1. The monoisotopic (exact) mass is 488 g/mol. The van der Waals surface area contributed by atoms with Crippen molar-refractivity contribution in [2.45, 2.75) is 28.6 Å². The molecule has 2 aliphatic heterocycles. The Labute approximate surface area is 203 Å². The van der Waals surface area contributed by atoms with Gasteiger partial charge in [0, 0.05) is 31.0 Å². The van der Waals surface area contributed by atoms with Crippen LogP contribution in [0.4, 0.5) is 4.79 Å². The van der Waals surface area contributed by atoms with E-state index in [0.717, 1.165) is 33.6 Å². The molecule has 0 unspecified atom stereocenters. The van der Waals surface area contributed by atoms with Crippen molar-refractivity contribution in [1.29, 1.82) is 0 Å². The standard InChI is InChI=1S/C27H24N2O5S/c30-27(28-14-12-26-25(28)13-15-29(26)31)34-17-24-21-9-5-4-8-20(21)23-16-19(10-11-22(23)24)35(32,33)18-6-2-1-3-7-18/h1-11,16,24,31H,12-15,17H2/t24-/m0/s1. The van der Waals surface area contributed by atoms with Gasteiger partial charge in [0.25, 0.3) is 0 Å². The molecule has 1 N–H and O–H groups in total. The third kappa shape index (κ3) is 3.52. The molecule has 6 rings (SSSR count). The topological polar surface area (TPSA) is 87.2 Å². The summed E-state index contributed by atoms with van der Waals surface area (Å²) < 4.78 is 32.2. The number of sulfone groups is 1. The zero-order valence-corrected chi connectivity index (χ0v) is 19.7. The van der Waals surface area contributed by atoms with Crippen LogP contribution in [0.3, 0.4) is 0 Å². The molecule has 35 heavy (non-hydrogen) atoms. The van der Waals surface area contributed by atoms with Gasteiger partial charge < -0.3 is 4.74 Å². The summed E-state index contributed by atoms with van der Waals surface area (Å²) in [6, 6.07) is 21.4. The average molecular weight is 489 g/mol. The summed E-state index contributed by atoms with van der Waals surface area (Å²) >= 11 is 0. The molecular weight excluding hydrogens is 464 g/mol. The van der Waals surface area contributed by atoms with Crippen LogP contribution in [-0.4, -0.2) is 49.4 Å². The average Bonchev–Trinajstić information content (AvgIpc) is 3.56. The lowest BCUT2D eigenvalue weighted by molar-refractivity contribution is -0.0473. The number of benzene rings is 3. The van der Waals surface area contributed by atoms with Crippen LogP contribution in [0.2, 0.25) is 0 Å². The van der Waals surface area contributed by atoms with Gasteiger partial charge >= 0.3 is 6.09 Å². The Kier molecular flexibility index (Phi) is 5.16. The molecule has 0 saturated carbocycles. The SMILES string of the molecule is O=C(OC[C@H]1c2ccccc2-c2cc(S(=O)(=O)c3ccccc3)ccc21)N1CCC2=C1CCN2O. The highest BCUT2D eigenvalue weighted by Crippen LogP contribution is 2.46. The number of hydrogen-bond acceptors (Lipinski definition) is 6. The predicted molar refractivity (Wildman–Crippen MR) is 128 cm³/mol. The molecule has 0 aromatic heterocycles. The molecule has 7 nitrogen and oxygen atoms in total. The van der Waals surface area contributed by atoms with Gasteiger partial charge in [-0.1, -0.05) is 48.5 Å². The molecule has 178 valence electrons. The molecule has 1 aliphatic carbocycles. The summed E-state index contributed by atoms with van der Waals surface area (Å²) in [6.45, 7) is 1.14. The first-order valence-corrected chi connectivity index (χ1v) is 13.1. The number of hydroxylamine groups is 2. The van der Waals surface area contributed by atoms with Crippen molar-refractivity contribution in [2.24, 2.45) is 0 Å². The number of hydrogen-bond donors (Lipinski definition) is 1. The third-order valence-electron chi connectivity index (χ3n) is 7.09. The van der Waals surface area contributed by atoms with Gasteiger partial charge in [0.05, 0.1) is 22.0 Å². The Morgan fingerprint density at radius 2 is 1.57 bits per heavy atom. The van der Waals surface area contributed by atoms with Gasteiger partial charge in [-0.05, 0) is 46.5 Å². The summed E-state index contributed by atoms with van der Waals surface area (Å²) in [6.07, 6.45) is 0.822. The normalized spacial score (nSPS) is 18.5. The van der Waals surface area contributed by atoms with Crippen LogP contribution in [-0.2, 0) is 14.6 Å². The largest absolute Gasteiger partial charge is 0.448 e. The van der Waals surface area contributed by atoms with Crippen molar-refractivity contribution in [1.82, 2.24) is 9.96 Å². The van der Waals surface area contributed by atoms with Gasteiger partial charge in [-0.15, -0.1) is 0 Å². The lowest BCUT2D eigenvalue weighted by Crippen LogP contribution is -2.30. The minimum atomic E-state index is -3.65. The smallest absolute Gasteiger partial charge is 0.414 e. The van der Waals surface area contributed by atoms with Crippen LogP contribution in [0.1, 0.15) is 29.9 Å². The van der Waals surface area contributed by atoms with Gasteiger partial charge in [-0.3, -0.25) is 15.2 Å². The first-order valence-electron chi connectivity index (χ1n) is 11.6. The number of carbonyl (C=O) groups is 1. The first-order chi connectivity index (χ1) is 16.9. The Morgan fingerprint density at radius 1 is 0.857 bits per heavy atom. The van der Waals surface area contributed by atoms with Crippen LogP contribution in [0, 0.1) is 0 Å². The highest BCUT2D eigenvalue weighted by atomic mass is 32.2. The van der Waals surface area contributed by atoms with E-state index in [1.807, 2.05) is 30.3 Å². The Hall–Kier alpha value is -3.62. The molecule has 3 aromatic rings. The number of rotatable bonds is 4. The van der Waals surface area contributed by atoms with Crippen molar-refractivity contribution >= 4 is 15.9 Å². The fourth-order valence-corrected chi connectivity index (χ4v) is 6.67. The first kappa shape index (κ1) is 21.9. The summed E-state index contributed by atoms with van der Waals surface area (Å²) in [4.78, 5) is 15.0. The molecule has 3 aliphatic rings. The highest BCUT2D eigenvalue weighted by Gasteiger charge is 2.36. The van der Waals surface area contributed by atoms with Gasteiger partial charge in [-0.25, -0.2) is 13.2 Å². The number of amides is 1. The molecule has 1 amide bonds. The predicted octanol–water partition coefficient (Wildman–Crippen LogP) is 4.78. The fourth-order valence-electron chi connectivity index (χ4n) is 5.36. The van der Waals surface area contributed by atoms with E-state index in [-0.39, 0.29) is 22.3 Å². The molecule has 0 spiro atoms. The quantitative estimate of drug-likeness (QED) is 0.569. The second-order valence-corrected chi connectivity index (χ2v) is 10.9. The molecule has 0 radical (unpaired) electrons. The maximum absolute atomic E-state index is 13.2. The van der Waals surface area contributed by atoms with Crippen molar-refractivity contribution in [3.05, 3.63) is 95.3 Å². The molecule has 0 saturated heterocycles. The maximum Gasteiger partial charge on any atom is 0.414 e. The number of fused-ring (bicyclic) bond motifs is 3. The summed E-state index contributed by atoms with van der Waals surface area (Å²) in [5.74, 6) is -0.187. The second kappa shape index (κ2) is 8.25. The zero-order valence-electron chi connectivity index (χ0n) is 18.9. The van der Waals surface area contributed by atoms with E-state index in [2.05, 4.69) is 0 Å². The van der Waals surface area contributed by atoms with Gasteiger partial charge in [-0.2, -0.15) is 0 Å². The summed E-state index contributed by atoms with van der Waals surface area (Å²) in [7, 11) is -3.65. The van der Waals surface area contributed by atoms with Gasteiger partial charge in [0.2, 0.25) is 9.84 Å².